The molecule has 1 aliphatic heterocycles. The van der Waals surface area contributed by atoms with Crippen LogP contribution in [-0.4, -0.2) is 23.3 Å². The predicted octanol–water partition coefficient (Wildman–Crippen LogP) is 2.40. The molecule has 1 fully saturated rings. The molecule has 0 radical (unpaired) electrons. The van der Waals surface area contributed by atoms with Crippen LogP contribution in [0.2, 0.25) is 5.02 Å². The summed E-state index contributed by atoms with van der Waals surface area (Å²) in [5.74, 6) is -0.515. The van der Waals surface area contributed by atoms with Crippen LogP contribution in [0, 0.1) is 5.92 Å². The number of hydrogen-bond donors (Lipinski definition) is 1. The van der Waals surface area contributed by atoms with Gasteiger partial charge in [-0.15, -0.1) is 0 Å². The fourth-order valence-corrected chi connectivity index (χ4v) is 2.80. The number of anilines is 1. The molecule has 2 amide bonds. The van der Waals surface area contributed by atoms with Crippen LogP contribution >= 0.6 is 11.6 Å². The lowest BCUT2D eigenvalue weighted by molar-refractivity contribution is -0.126. The van der Waals surface area contributed by atoms with Gasteiger partial charge in [0.05, 0.1) is 5.92 Å². The molecular formula is C17H16ClN3O2. The van der Waals surface area contributed by atoms with Crippen molar-refractivity contribution in [2.75, 3.05) is 11.4 Å². The summed E-state index contributed by atoms with van der Waals surface area (Å²) >= 11 is 5.97. The van der Waals surface area contributed by atoms with Gasteiger partial charge in [0.2, 0.25) is 11.8 Å². The Morgan fingerprint density at radius 1 is 1.30 bits per heavy atom. The first-order chi connectivity index (χ1) is 11.1. The van der Waals surface area contributed by atoms with Crippen LogP contribution < -0.4 is 10.2 Å². The monoisotopic (exact) mass is 329 g/mol. The fraction of sp³-hybridized carbons (Fsp3) is 0.235. The van der Waals surface area contributed by atoms with E-state index >= 15 is 0 Å². The third-order valence-electron chi connectivity index (χ3n) is 3.83. The van der Waals surface area contributed by atoms with E-state index in [0.717, 1.165) is 11.3 Å². The number of nitrogens with zero attached hydrogens (tertiary/aromatic N) is 2. The molecule has 118 valence electrons. The van der Waals surface area contributed by atoms with Crippen LogP contribution in [0.15, 0.2) is 48.8 Å². The second-order valence-corrected chi connectivity index (χ2v) is 5.89. The standard InChI is InChI=1S/C17H16ClN3O2/c18-14-2-1-3-15(9-14)21-11-13(8-16(21)22)17(23)20-10-12-4-6-19-7-5-12/h1-7,9,13H,8,10-11H2,(H,20,23)/t13-/m0/s1. The minimum absolute atomic E-state index is 0.0590. The zero-order valence-corrected chi connectivity index (χ0v) is 13.2. The lowest BCUT2D eigenvalue weighted by Gasteiger charge is -2.17. The zero-order valence-electron chi connectivity index (χ0n) is 12.4. The zero-order chi connectivity index (χ0) is 16.2. The Bertz CT molecular complexity index is 721. The Morgan fingerprint density at radius 2 is 2.09 bits per heavy atom. The number of halogens is 1. The molecule has 1 N–H and O–H groups in total. The highest BCUT2D eigenvalue weighted by Gasteiger charge is 2.35. The van der Waals surface area contributed by atoms with E-state index in [1.165, 1.54) is 0 Å². The second kappa shape index (κ2) is 6.79. The minimum atomic E-state index is -0.344. The van der Waals surface area contributed by atoms with Crippen molar-refractivity contribution in [2.24, 2.45) is 5.92 Å². The Labute approximate surface area is 139 Å². The molecule has 2 heterocycles. The number of benzene rings is 1. The lowest BCUT2D eigenvalue weighted by atomic mass is 10.1. The highest BCUT2D eigenvalue weighted by atomic mass is 35.5. The normalized spacial score (nSPS) is 17.3. The predicted molar refractivity (Wildman–Crippen MR) is 88.0 cm³/mol. The Morgan fingerprint density at radius 3 is 2.83 bits per heavy atom. The van der Waals surface area contributed by atoms with Gasteiger partial charge in [-0.2, -0.15) is 0 Å². The maximum Gasteiger partial charge on any atom is 0.227 e. The Kier molecular flexibility index (Phi) is 4.57. The van der Waals surface area contributed by atoms with Crippen LogP contribution in [-0.2, 0) is 16.1 Å². The van der Waals surface area contributed by atoms with Gasteiger partial charge in [0.1, 0.15) is 0 Å². The fourth-order valence-electron chi connectivity index (χ4n) is 2.61. The molecule has 0 aliphatic carbocycles. The molecule has 0 unspecified atom stereocenters. The summed E-state index contributed by atoms with van der Waals surface area (Å²) in [6.07, 6.45) is 3.58. The Hall–Kier alpha value is -2.40. The molecule has 6 heteroatoms. The van der Waals surface area contributed by atoms with Crippen molar-refractivity contribution in [2.45, 2.75) is 13.0 Å². The summed E-state index contributed by atoms with van der Waals surface area (Å²) in [4.78, 5) is 30.0. The van der Waals surface area contributed by atoms with Gasteiger partial charge in [-0.25, -0.2) is 0 Å². The first kappa shape index (κ1) is 15.5. The number of rotatable bonds is 4. The Balaban J connectivity index is 1.62. The molecule has 0 spiro atoms. The number of nitrogens with one attached hydrogen (secondary N) is 1. The molecule has 1 aromatic heterocycles. The van der Waals surface area contributed by atoms with E-state index in [4.69, 9.17) is 11.6 Å². The smallest absolute Gasteiger partial charge is 0.227 e. The van der Waals surface area contributed by atoms with Crippen molar-refractivity contribution in [1.82, 2.24) is 10.3 Å². The van der Waals surface area contributed by atoms with Crippen LogP contribution in [0.1, 0.15) is 12.0 Å². The molecule has 2 aromatic rings. The summed E-state index contributed by atoms with van der Waals surface area (Å²) in [5, 5.41) is 3.44. The van der Waals surface area contributed by atoms with E-state index in [2.05, 4.69) is 10.3 Å². The van der Waals surface area contributed by atoms with Gasteiger partial charge in [-0.3, -0.25) is 14.6 Å². The van der Waals surface area contributed by atoms with E-state index in [0.29, 0.717) is 18.1 Å². The molecule has 1 saturated heterocycles. The van der Waals surface area contributed by atoms with Crippen molar-refractivity contribution in [1.29, 1.82) is 0 Å². The number of pyridine rings is 1. The number of carbonyl (C=O) groups excluding carboxylic acids is 2. The minimum Gasteiger partial charge on any atom is -0.352 e. The van der Waals surface area contributed by atoms with Crippen molar-refractivity contribution in [3.8, 4) is 0 Å². The van der Waals surface area contributed by atoms with E-state index in [1.54, 1.807) is 35.5 Å². The number of carbonyl (C=O) groups is 2. The first-order valence-electron chi connectivity index (χ1n) is 7.36. The van der Waals surface area contributed by atoms with Crippen molar-refractivity contribution in [3.63, 3.8) is 0 Å². The average Bonchev–Trinajstić information content (AvgIpc) is 2.95. The molecule has 5 nitrogen and oxygen atoms in total. The van der Waals surface area contributed by atoms with Crippen molar-refractivity contribution >= 4 is 29.1 Å². The molecule has 0 saturated carbocycles. The molecule has 1 atom stereocenters. The summed E-state index contributed by atoms with van der Waals surface area (Å²) in [6.45, 7) is 0.810. The largest absolute Gasteiger partial charge is 0.352 e. The molecule has 23 heavy (non-hydrogen) atoms. The highest BCUT2D eigenvalue weighted by Crippen LogP contribution is 2.27. The third kappa shape index (κ3) is 3.68. The SMILES string of the molecule is O=C(NCc1ccncc1)[C@H]1CC(=O)N(c2cccc(Cl)c2)C1. The van der Waals surface area contributed by atoms with E-state index in [1.807, 2.05) is 18.2 Å². The number of hydrogen-bond acceptors (Lipinski definition) is 3. The van der Waals surface area contributed by atoms with Gasteiger partial charge in [0.15, 0.2) is 0 Å². The lowest BCUT2D eigenvalue weighted by Crippen LogP contribution is -2.32. The van der Waals surface area contributed by atoms with Crippen LogP contribution in [0.5, 0.6) is 0 Å². The summed E-state index contributed by atoms with van der Waals surface area (Å²) in [7, 11) is 0. The molecule has 0 bridgehead atoms. The number of amides is 2. The summed E-state index contributed by atoms with van der Waals surface area (Å²) in [5.41, 5.74) is 1.70. The van der Waals surface area contributed by atoms with Gasteiger partial charge in [-0.1, -0.05) is 17.7 Å². The van der Waals surface area contributed by atoms with E-state index in [-0.39, 0.29) is 24.2 Å². The van der Waals surface area contributed by atoms with Gasteiger partial charge in [-0.05, 0) is 35.9 Å². The quantitative estimate of drug-likeness (QED) is 0.937. The van der Waals surface area contributed by atoms with Crippen LogP contribution in [0.25, 0.3) is 0 Å². The average molecular weight is 330 g/mol. The second-order valence-electron chi connectivity index (χ2n) is 5.46. The topological polar surface area (TPSA) is 62.3 Å². The molecule has 3 rings (SSSR count). The first-order valence-corrected chi connectivity index (χ1v) is 7.74. The maximum atomic E-state index is 12.3. The van der Waals surface area contributed by atoms with Crippen molar-refractivity contribution < 1.29 is 9.59 Å². The number of aromatic nitrogens is 1. The van der Waals surface area contributed by atoms with E-state index < -0.39 is 0 Å². The molecule has 1 aliphatic rings. The third-order valence-corrected chi connectivity index (χ3v) is 4.07. The van der Waals surface area contributed by atoms with E-state index in [9.17, 15) is 9.59 Å². The van der Waals surface area contributed by atoms with Gasteiger partial charge < -0.3 is 10.2 Å². The summed E-state index contributed by atoms with van der Waals surface area (Å²) < 4.78 is 0. The van der Waals surface area contributed by atoms with Gasteiger partial charge in [0, 0.05) is 42.6 Å². The molecule has 1 aromatic carbocycles. The molecular weight excluding hydrogens is 314 g/mol. The van der Waals surface area contributed by atoms with Crippen LogP contribution in [0.4, 0.5) is 5.69 Å². The van der Waals surface area contributed by atoms with Crippen LogP contribution in [0.3, 0.4) is 0 Å². The van der Waals surface area contributed by atoms with Gasteiger partial charge in [0.25, 0.3) is 0 Å². The van der Waals surface area contributed by atoms with Crippen molar-refractivity contribution in [3.05, 3.63) is 59.4 Å². The highest BCUT2D eigenvalue weighted by molar-refractivity contribution is 6.30. The summed E-state index contributed by atoms with van der Waals surface area (Å²) in [6, 6.07) is 10.8. The van der Waals surface area contributed by atoms with Gasteiger partial charge >= 0.3 is 0 Å². The maximum absolute atomic E-state index is 12.3.